The minimum Gasteiger partial charge on any atom is -0.495 e. The summed E-state index contributed by atoms with van der Waals surface area (Å²) in [6, 6.07) is 18.5. The summed E-state index contributed by atoms with van der Waals surface area (Å²) in [5, 5.41) is 3.70. The van der Waals surface area contributed by atoms with Crippen molar-refractivity contribution in [2.24, 2.45) is 0 Å². The first-order valence-electron chi connectivity index (χ1n) is 13.4. The molecule has 0 saturated heterocycles. The van der Waals surface area contributed by atoms with Crippen molar-refractivity contribution >= 4 is 50.7 Å². The quantitative estimate of drug-likeness (QED) is 0.299. The Bertz CT molecular complexity index is 1460. The lowest BCUT2D eigenvalue weighted by molar-refractivity contribution is -0.139. The Morgan fingerprint density at radius 2 is 1.56 bits per heavy atom. The summed E-state index contributed by atoms with van der Waals surface area (Å²) in [7, 11) is -2.79. The van der Waals surface area contributed by atoms with Gasteiger partial charge >= 0.3 is 0 Å². The molecule has 1 N–H and O–H groups in total. The Morgan fingerprint density at radius 1 is 0.951 bits per heavy atom. The number of anilines is 1. The van der Waals surface area contributed by atoms with E-state index < -0.39 is 28.5 Å². The Balaban J connectivity index is 1.74. The first-order valence-corrected chi connectivity index (χ1v) is 15.6. The van der Waals surface area contributed by atoms with Crippen molar-refractivity contribution in [2.45, 2.75) is 56.1 Å². The standard InChI is InChI=1S/C30H33Cl2N3O5S/c1-21(30(37)33-22-11-6-7-12-22)34(19-24-25(31)15-10-16-26(24)32)29(36)20-35(27-17-8-9-18-28(27)40-2)41(38,39)23-13-4-3-5-14-23/h3-5,8-10,13-18,21-22H,6-7,11-12,19-20H2,1-2H3,(H,33,37)/t21-/m1/s1. The lowest BCUT2D eigenvalue weighted by Gasteiger charge is -2.33. The molecule has 3 aromatic rings. The molecule has 1 atom stereocenters. The van der Waals surface area contributed by atoms with Gasteiger partial charge in [0.2, 0.25) is 11.8 Å². The zero-order valence-corrected chi connectivity index (χ0v) is 25.3. The maximum absolute atomic E-state index is 14.1. The number of hydrogen-bond donors (Lipinski definition) is 1. The summed E-state index contributed by atoms with van der Waals surface area (Å²) in [4.78, 5) is 28.8. The summed E-state index contributed by atoms with van der Waals surface area (Å²) < 4.78 is 34.3. The average molecular weight is 619 g/mol. The fourth-order valence-electron chi connectivity index (χ4n) is 4.90. The summed E-state index contributed by atoms with van der Waals surface area (Å²) in [5.41, 5.74) is 0.644. The van der Waals surface area contributed by atoms with Crippen LogP contribution in [0.15, 0.2) is 77.7 Å². The molecule has 4 rings (SSSR count). The first-order chi connectivity index (χ1) is 19.6. The van der Waals surface area contributed by atoms with Gasteiger partial charge in [0.25, 0.3) is 10.0 Å². The van der Waals surface area contributed by atoms with Gasteiger partial charge in [-0.05, 0) is 56.2 Å². The number of carbonyl (C=O) groups is 2. The van der Waals surface area contributed by atoms with Gasteiger partial charge in [-0.1, -0.05) is 72.4 Å². The van der Waals surface area contributed by atoms with Crippen LogP contribution < -0.4 is 14.4 Å². The van der Waals surface area contributed by atoms with Crippen molar-refractivity contribution in [3.63, 3.8) is 0 Å². The van der Waals surface area contributed by atoms with Gasteiger partial charge < -0.3 is 15.0 Å². The molecule has 0 bridgehead atoms. The number of carbonyl (C=O) groups excluding carboxylic acids is 2. The summed E-state index contributed by atoms with van der Waals surface area (Å²) in [6.45, 7) is 0.925. The molecule has 1 saturated carbocycles. The van der Waals surface area contributed by atoms with E-state index in [1.165, 1.54) is 24.1 Å². The Kier molecular flexibility index (Phi) is 10.2. The van der Waals surface area contributed by atoms with Crippen molar-refractivity contribution < 1.29 is 22.7 Å². The molecule has 2 amide bonds. The molecule has 11 heteroatoms. The maximum atomic E-state index is 14.1. The van der Waals surface area contributed by atoms with E-state index in [0.29, 0.717) is 15.6 Å². The Morgan fingerprint density at radius 3 is 2.20 bits per heavy atom. The molecule has 8 nitrogen and oxygen atoms in total. The number of para-hydroxylation sites is 2. The van der Waals surface area contributed by atoms with E-state index in [2.05, 4.69) is 5.32 Å². The molecule has 0 unspecified atom stereocenters. The average Bonchev–Trinajstić information content (AvgIpc) is 3.48. The molecular weight excluding hydrogens is 585 g/mol. The molecule has 1 aliphatic carbocycles. The number of halogens is 2. The van der Waals surface area contributed by atoms with E-state index in [1.54, 1.807) is 67.6 Å². The third-order valence-electron chi connectivity index (χ3n) is 7.22. The summed E-state index contributed by atoms with van der Waals surface area (Å²) >= 11 is 12.9. The highest BCUT2D eigenvalue weighted by Crippen LogP contribution is 2.33. The van der Waals surface area contributed by atoms with E-state index in [4.69, 9.17) is 27.9 Å². The lowest BCUT2D eigenvalue weighted by atomic mass is 10.1. The van der Waals surface area contributed by atoms with Crippen LogP contribution in [0.5, 0.6) is 5.75 Å². The zero-order chi connectivity index (χ0) is 29.6. The van der Waals surface area contributed by atoms with E-state index in [1.807, 2.05) is 0 Å². The topological polar surface area (TPSA) is 96.0 Å². The van der Waals surface area contributed by atoms with Gasteiger partial charge in [0, 0.05) is 28.2 Å². The SMILES string of the molecule is COc1ccccc1N(CC(=O)N(Cc1c(Cl)cccc1Cl)[C@H](C)C(=O)NC1CCCC1)S(=O)(=O)c1ccccc1. The van der Waals surface area contributed by atoms with Crippen molar-refractivity contribution in [1.82, 2.24) is 10.2 Å². The molecule has 0 heterocycles. The normalized spacial score (nSPS) is 14.3. The fourth-order valence-corrected chi connectivity index (χ4v) is 6.86. The lowest BCUT2D eigenvalue weighted by Crippen LogP contribution is -2.52. The molecule has 0 aliphatic heterocycles. The minimum absolute atomic E-state index is 0.00595. The monoisotopic (exact) mass is 617 g/mol. The number of ether oxygens (including phenoxy) is 1. The van der Waals surface area contributed by atoms with Crippen LogP contribution in [0, 0.1) is 0 Å². The molecule has 3 aromatic carbocycles. The molecule has 1 fully saturated rings. The smallest absolute Gasteiger partial charge is 0.264 e. The molecular formula is C30H33Cl2N3O5S. The van der Waals surface area contributed by atoms with Gasteiger partial charge in [-0.15, -0.1) is 0 Å². The highest BCUT2D eigenvalue weighted by atomic mass is 35.5. The minimum atomic E-state index is -4.22. The summed E-state index contributed by atoms with van der Waals surface area (Å²) in [6.07, 6.45) is 3.81. The van der Waals surface area contributed by atoms with Gasteiger partial charge in [0.15, 0.2) is 0 Å². The van der Waals surface area contributed by atoms with Crippen molar-refractivity contribution in [2.75, 3.05) is 18.0 Å². The number of nitrogens with zero attached hydrogens (tertiary/aromatic N) is 2. The van der Waals surface area contributed by atoms with Crippen LogP contribution in [0.4, 0.5) is 5.69 Å². The van der Waals surface area contributed by atoms with Crippen molar-refractivity contribution in [3.8, 4) is 5.75 Å². The number of hydrogen-bond acceptors (Lipinski definition) is 5. The van der Waals surface area contributed by atoms with E-state index in [9.17, 15) is 18.0 Å². The number of methoxy groups -OCH3 is 1. The van der Waals surface area contributed by atoms with Crippen molar-refractivity contribution in [1.29, 1.82) is 0 Å². The second-order valence-electron chi connectivity index (χ2n) is 9.88. The number of amides is 2. The van der Waals surface area contributed by atoms with Gasteiger partial charge in [-0.25, -0.2) is 8.42 Å². The molecule has 218 valence electrons. The third kappa shape index (κ3) is 7.15. The molecule has 0 spiro atoms. The maximum Gasteiger partial charge on any atom is 0.264 e. The van der Waals surface area contributed by atoms with Crippen molar-refractivity contribution in [3.05, 3.63) is 88.4 Å². The molecule has 1 aliphatic rings. The first kappa shape index (κ1) is 30.7. The van der Waals surface area contributed by atoms with Crippen LogP contribution in [0.1, 0.15) is 38.2 Å². The largest absolute Gasteiger partial charge is 0.495 e. The predicted octanol–water partition coefficient (Wildman–Crippen LogP) is 5.67. The van der Waals surface area contributed by atoms with Gasteiger partial charge in [-0.2, -0.15) is 0 Å². The summed E-state index contributed by atoms with van der Waals surface area (Å²) in [5.74, 6) is -0.670. The number of nitrogens with one attached hydrogen (secondary N) is 1. The number of benzene rings is 3. The second-order valence-corrected chi connectivity index (χ2v) is 12.6. The Labute approximate surface area is 251 Å². The third-order valence-corrected chi connectivity index (χ3v) is 9.71. The van der Waals surface area contributed by atoms with Crippen LogP contribution in [-0.4, -0.2) is 50.9 Å². The number of rotatable bonds is 11. The van der Waals surface area contributed by atoms with Crippen LogP contribution in [-0.2, 0) is 26.2 Å². The van der Waals surface area contributed by atoms with Gasteiger partial charge in [0.1, 0.15) is 18.3 Å². The molecule has 0 aromatic heterocycles. The highest BCUT2D eigenvalue weighted by molar-refractivity contribution is 7.92. The van der Waals surface area contributed by atoms with Gasteiger partial charge in [-0.3, -0.25) is 13.9 Å². The Hall–Kier alpha value is -3.27. The second kappa shape index (κ2) is 13.6. The van der Waals surface area contributed by atoms with Crippen LogP contribution in [0.2, 0.25) is 10.0 Å². The van der Waals surface area contributed by atoms with Crippen LogP contribution in [0.3, 0.4) is 0 Å². The van der Waals surface area contributed by atoms with Crippen LogP contribution in [0.25, 0.3) is 0 Å². The van der Waals surface area contributed by atoms with E-state index >= 15 is 0 Å². The molecule has 0 radical (unpaired) electrons. The van der Waals surface area contributed by atoms with Crippen LogP contribution >= 0.6 is 23.2 Å². The number of sulfonamides is 1. The fraction of sp³-hybridized carbons (Fsp3) is 0.333. The van der Waals surface area contributed by atoms with Gasteiger partial charge in [0.05, 0.1) is 17.7 Å². The predicted molar refractivity (Wildman–Crippen MR) is 161 cm³/mol. The molecule has 41 heavy (non-hydrogen) atoms. The highest BCUT2D eigenvalue weighted by Gasteiger charge is 2.34. The van der Waals surface area contributed by atoms with E-state index in [0.717, 1.165) is 30.0 Å². The van der Waals surface area contributed by atoms with E-state index in [-0.39, 0.29) is 34.8 Å². The zero-order valence-electron chi connectivity index (χ0n) is 22.9.